The maximum absolute atomic E-state index is 11.9. The number of likely N-dealkylation sites (tertiary alicyclic amines) is 1. The summed E-state index contributed by atoms with van der Waals surface area (Å²) in [6.45, 7) is 0.628. The van der Waals surface area contributed by atoms with Gasteiger partial charge in [-0.3, -0.25) is 14.4 Å². The van der Waals surface area contributed by atoms with Gasteiger partial charge in [0.25, 0.3) is 0 Å². The number of methoxy groups -OCH3 is 1. The molecule has 1 heterocycles. The smallest absolute Gasteiger partial charge is 0.310 e. The van der Waals surface area contributed by atoms with Gasteiger partial charge in [-0.05, 0) is 11.1 Å². The molecule has 0 spiro atoms. The van der Waals surface area contributed by atoms with Gasteiger partial charge in [-0.25, -0.2) is 0 Å². The topological polar surface area (TPSA) is 83.9 Å². The number of aliphatic carboxylic acids is 1. The highest BCUT2D eigenvalue weighted by atomic mass is 16.5. The van der Waals surface area contributed by atoms with Gasteiger partial charge < -0.3 is 14.7 Å². The molecule has 1 aliphatic heterocycles. The quantitative estimate of drug-likeness (QED) is 0.813. The number of ether oxygens (including phenoxy) is 1. The lowest BCUT2D eigenvalue weighted by Crippen LogP contribution is -2.26. The summed E-state index contributed by atoms with van der Waals surface area (Å²) < 4.78 is 4.66. The SMILES string of the molecule is COC(=O)C1CC(=O)N(Cc2ccccc2CC(=O)O)C1. The Morgan fingerprint density at radius 2 is 2.00 bits per heavy atom. The zero-order chi connectivity index (χ0) is 15.4. The third-order valence-corrected chi connectivity index (χ3v) is 3.57. The summed E-state index contributed by atoms with van der Waals surface area (Å²) >= 11 is 0. The molecule has 1 aromatic carbocycles. The summed E-state index contributed by atoms with van der Waals surface area (Å²) in [6.07, 6.45) is 0.0619. The van der Waals surface area contributed by atoms with Gasteiger partial charge in [0.1, 0.15) is 0 Å². The molecule has 21 heavy (non-hydrogen) atoms. The lowest BCUT2D eigenvalue weighted by molar-refractivity contribution is -0.145. The molecule has 0 radical (unpaired) electrons. The summed E-state index contributed by atoms with van der Waals surface area (Å²) in [6, 6.07) is 7.11. The summed E-state index contributed by atoms with van der Waals surface area (Å²) in [4.78, 5) is 35.9. The van der Waals surface area contributed by atoms with Crippen molar-refractivity contribution in [1.29, 1.82) is 0 Å². The van der Waals surface area contributed by atoms with Crippen molar-refractivity contribution in [2.24, 2.45) is 5.92 Å². The second kappa shape index (κ2) is 6.39. The largest absolute Gasteiger partial charge is 0.481 e. The molecule has 0 aliphatic carbocycles. The molecule has 1 unspecified atom stereocenters. The zero-order valence-electron chi connectivity index (χ0n) is 11.7. The number of carboxylic acid groups (broad SMARTS) is 1. The van der Waals surface area contributed by atoms with E-state index in [1.54, 1.807) is 29.2 Å². The molecular formula is C15H17NO5. The Labute approximate surface area is 122 Å². The second-order valence-corrected chi connectivity index (χ2v) is 5.04. The van der Waals surface area contributed by atoms with E-state index in [1.807, 2.05) is 0 Å². The molecule has 6 heteroatoms. The van der Waals surface area contributed by atoms with E-state index in [4.69, 9.17) is 5.11 Å². The monoisotopic (exact) mass is 291 g/mol. The van der Waals surface area contributed by atoms with Crippen LogP contribution in [0.4, 0.5) is 0 Å². The average Bonchev–Trinajstić information content (AvgIpc) is 2.81. The first-order chi connectivity index (χ1) is 10.0. The molecule has 1 saturated heterocycles. The third kappa shape index (κ3) is 3.59. The number of carboxylic acids is 1. The van der Waals surface area contributed by atoms with Gasteiger partial charge in [-0.1, -0.05) is 24.3 Å². The van der Waals surface area contributed by atoms with Gasteiger partial charge in [-0.2, -0.15) is 0 Å². The minimum Gasteiger partial charge on any atom is -0.481 e. The van der Waals surface area contributed by atoms with Gasteiger partial charge in [0.2, 0.25) is 5.91 Å². The molecule has 1 N–H and O–H groups in total. The lowest BCUT2D eigenvalue weighted by atomic mass is 10.0. The Balaban J connectivity index is 2.10. The standard InChI is InChI=1S/C15H17NO5/c1-21-15(20)12-6-13(17)16(9-12)8-11-5-3-2-4-10(11)7-14(18)19/h2-5,12H,6-9H2,1H3,(H,18,19). The number of nitrogens with zero attached hydrogens (tertiary/aromatic N) is 1. The molecular weight excluding hydrogens is 274 g/mol. The molecule has 0 aromatic heterocycles. The minimum absolute atomic E-state index is 0.0847. The highest BCUT2D eigenvalue weighted by Crippen LogP contribution is 2.22. The highest BCUT2D eigenvalue weighted by molar-refractivity contribution is 5.86. The second-order valence-electron chi connectivity index (χ2n) is 5.04. The maximum Gasteiger partial charge on any atom is 0.310 e. The van der Waals surface area contributed by atoms with Crippen molar-refractivity contribution >= 4 is 17.8 Å². The fraction of sp³-hybridized carbons (Fsp3) is 0.400. The predicted molar refractivity (Wildman–Crippen MR) is 73.3 cm³/mol. The van der Waals surface area contributed by atoms with Crippen molar-refractivity contribution in [3.8, 4) is 0 Å². The Bertz CT molecular complexity index is 569. The highest BCUT2D eigenvalue weighted by Gasteiger charge is 2.35. The molecule has 1 fully saturated rings. The van der Waals surface area contributed by atoms with Gasteiger partial charge in [0.15, 0.2) is 0 Å². The van der Waals surface area contributed by atoms with Crippen LogP contribution in [-0.2, 0) is 32.1 Å². The Morgan fingerprint density at radius 3 is 2.62 bits per heavy atom. The first kappa shape index (κ1) is 15.0. The van der Waals surface area contributed by atoms with Crippen molar-refractivity contribution in [1.82, 2.24) is 4.90 Å². The van der Waals surface area contributed by atoms with E-state index < -0.39 is 11.9 Å². The van der Waals surface area contributed by atoms with Crippen LogP contribution < -0.4 is 0 Å². The number of hydrogen-bond acceptors (Lipinski definition) is 4. The van der Waals surface area contributed by atoms with Crippen LogP contribution in [0.15, 0.2) is 24.3 Å². The fourth-order valence-corrected chi connectivity index (χ4v) is 2.50. The summed E-state index contributed by atoms with van der Waals surface area (Å²) in [7, 11) is 1.30. The number of carbonyl (C=O) groups is 3. The summed E-state index contributed by atoms with van der Waals surface area (Å²) in [5.41, 5.74) is 1.47. The van der Waals surface area contributed by atoms with Crippen LogP contribution in [0.3, 0.4) is 0 Å². The van der Waals surface area contributed by atoms with Crippen LogP contribution >= 0.6 is 0 Å². The van der Waals surface area contributed by atoms with Crippen LogP contribution in [0.2, 0.25) is 0 Å². The molecule has 1 amide bonds. The van der Waals surface area contributed by atoms with E-state index in [0.29, 0.717) is 18.7 Å². The molecule has 2 rings (SSSR count). The lowest BCUT2D eigenvalue weighted by Gasteiger charge is -2.18. The number of hydrogen-bond donors (Lipinski definition) is 1. The Hall–Kier alpha value is -2.37. The Morgan fingerprint density at radius 1 is 1.33 bits per heavy atom. The molecule has 1 aliphatic rings. The Kier molecular flexibility index (Phi) is 4.57. The van der Waals surface area contributed by atoms with E-state index in [9.17, 15) is 14.4 Å². The minimum atomic E-state index is -0.914. The van der Waals surface area contributed by atoms with E-state index in [-0.39, 0.29) is 24.7 Å². The predicted octanol–water partition coefficient (Wildman–Crippen LogP) is 0.835. The van der Waals surface area contributed by atoms with E-state index in [2.05, 4.69) is 4.74 Å². The average molecular weight is 291 g/mol. The van der Waals surface area contributed by atoms with Crippen molar-refractivity contribution in [3.05, 3.63) is 35.4 Å². The fourth-order valence-electron chi connectivity index (χ4n) is 2.50. The molecule has 112 valence electrons. The number of amides is 1. The number of esters is 1. The first-order valence-corrected chi connectivity index (χ1v) is 6.65. The van der Waals surface area contributed by atoms with Crippen LogP contribution in [0, 0.1) is 5.92 Å². The summed E-state index contributed by atoms with van der Waals surface area (Å²) in [5, 5.41) is 8.91. The van der Waals surface area contributed by atoms with Gasteiger partial charge in [0.05, 0.1) is 19.4 Å². The first-order valence-electron chi connectivity index (χ1n) is 6.65. The van der Waals surface area contributed by atoms with Crippen molar-refractivity contribution < 1.29 is 24.2 Å². The third-order valence-electron chi connectivity index (χ3n) is 3.57. The van der Waals surface area contributed by atoms with Crippen molar-refractivity contribution in [2.45, 2.75) is 19.4 Å². The van der Waals surface area contributed by atoms with E-state index in [1.165, 1.54) is 7.11 Å². The number of benzene rings is 1. The number of carbonyl (C=O) groups excluding carboxylic acids is 2. The van der Waals surface area contributed by atoms with E-state index in [0.717, 1.165) is 5.56 Å². The molecule has 1 aromatic rings. The molecule has 0 bridgehead atoms. The van der Waals surface area contributed by atoms with Crippen LogP contribution in [0.25, 0.3) is 0 Å². The molecule has 1 atom stereocenters. The van der Waals surface area contributed by atoms with Gasteiger partial charge >= 0.3 is 11.9 Å². The maximum atomic E-state index is 11.9. The van der Waals surface area contributed by atoms with E-state index >= 15 is 0 Å². The van der Waals surface area contributed by atoms with Crippen molar-refractivity contribution in [2.75, 3.05) is 13.7 Å². The van der Waals surface area contributed by atoms with Crippen LogP contribution in [0.5, 0.6) is 0 Å². The zero-order valence-corrected chi connectivity index (χ0v) is 11.7. The number of rotatable bonds is 5. The molecule has 6 nitrogen and oxygen atoms in total. The normalized spacial score (nSPS) is 17.9. The van der Waals surface area contributed by atoms with Crippen LogP contribution in [0.1, 0.15) is 17.5 Å². The van der Waals surface area contributed by atoms with Crippen molar-refractivity contribution in [3.63, 3.8) is 0 Å². The van der Waals surface area contributed by atoms with Gasteiger partial charge in [0, 0.05) is 19.5 Å². The van der Waals surface area contributed by atoms with Crippen LogP contribution in [-0.4, -0.2) is 41.5 Å². The molecule has 0 saturated carbocycles. The summed E-state index contributed by atoms with van der Waals surface area (Å²) in [5.74, 6) is -1.85. The van der Waals surface area contributed by atoms with Gasteiger partial charge in [-0.15, -0.1) is 0 Å².